The Morgan fingerprint density at radius 3 is 2.06 bits per heavy atom. The first-order chi connectivity index (χ1) is 15.7. The smallest absolute Gasteiger partial charge is 0.328 e. The Labute approximate surface area is 190 Å². The average Bonchev–Trinajstić information content (AvgIpc) is 3.29. The molecule has 0 aliphatic rings. The lowest BCUT2D eigenvalue weighted by molar-refractivity contribution is -0.143. The van der Waals surface area contributed by atoms with Gasteiger partial charge in [0, 0.05) is 24.7 Å². The van der Waals surface area contributed by atoms with E-state index in [0.29, 0.717) is 11.3 Å². The SMILES string of the molecule is CC(N)C(=O)NC(Cc1cnc[nH]1)C(=O)NC(Cc1ccccc1)C(=O)NC(CO)C(=O)O. The Bertz CT molecular complexity index is 934. The fraction of sp³-hybridized carbons (Fsp3) is 0.381. The van der Waals surface area contributed by atoms with E-state index in [1.807, 2.05) is 0 Å². The Hall–Kier alpha value is -3.77. The number of nitrogens with two attached hydrogens (primary N) is 1. The van der Waals surface area contributed by atoms with Crippen LogP contribution in [0, 0.1) is 0 Å². The Kier molecular flexibility index (Phi) is 9.51. The minimum atomic E-state index is -1.54. The number of aliphatic hydroxyl groups is 1. The molecule has 4 unspecified atom stereocenters. The van der Waals surface area contributed by atoms with E-state index >= 15 is 0 Å². The third-order valence-corrected chi connectivity index (χ3v) is 4.74. The summed E-state index contributed by atoms with van der Waals surface area (Å²) >= 11 is 0. The van der Waals surface area contributed by atoms with Gasteiger partial charge in [-0.1, -0.05) is 30.3 Å². The fourth-order valence-corrected chi connectivity index (χ4v) is 2.92. The van der Waals surface area contributed by atoms with Crippen molar-refractivity contribution in [1.82, 2.24) is 25.9 Å². The van der Waals surface area contributed by atoms with Gasteiger partial charge in [-0.2, -0.15) is 0 Å². The van der Waals surface area contributed by atoms with Crippen molar-refractivity contribution in [2.75, 3.05) is 6.61 Å². The van der Waals surface area contributed by atoms with Crippen LogP contribution in [-0.4, -0.2) is 74.6 Å². The standard InChI is InChI=1S/C21H28N6O6/c1-12(22)18(29)25-16(8-14-9-23-11-24-14)20(31)26-15(7-13-5-3-2-4-6-13)19(30)27-17(10-28)21(32)33/h2-6,9,11-12,15-17,28H,7-8,10,22H2,1H3,(H,23,24)(H,25,29)(H,26,31)(H,27,30)(H,32,33). The molecule has 0 aliphatic carbocycles. The zero-order valence-corrected chi connectivity index (χ0v) is 18.0. The number of aliphatic hydroxyl groups excluding tert-OH is 1. The summed E-state index contributed by atoms with van der Waals surface area (Å²) in [5, 5.41) is 25.7. The third-order valence-electron chi connectivity index (χ3n) is 4.74. The van der Waals surface area contributed by atoms with Crippen LogP contribution in [0.1, 0.15) is 18.2 Å². The fourth-order valence-electron chi connectivity index (χ4n) is 2.92. The molecular formula is C21H28N6O6. The highest BCUT2D eigenvalue weighted by molar-refractivity contribution is 5.94. The second-order valence-electron chi connectivity index (χ2n) is 7.46. The molecule has 8 N–H and O–H groups in total. The lowest BCUT2D eigenvalue weighted by atomic mass is 10.0. The van der Waals surface area contributed by atoms with Gasteiger partial charge in [0.05, 0.1) is 19.0 Å². The first kappa shape index (κ1) is 25.5. The number of aromatic amines is 1. The largest absolute Gasteiger partial charge is 0.480 e. The minimum absolute atomic E-state index is 0.0498. The zero-order valence-electron chi connectivity index (χ0n) is 18.0. The number of amides is 3. The summed E-state index contributed by atoms with van der Waals surface area (Å²) in [5.74, 6) is -3.46. The normalized spacial score (nSPS) is 14.4. The number of carboxylic acids is 1. The number of carbonyl (C=O) groups is 4. The van der Waals surface area contributed by atoms with Gasteiger partial charge >= 0.3 is 5.97 Å². The molecule has 178 valence electrons. The number of aromatic nitrogens is 2. The highest BCUT2D eigenvalue weighted by Crippen LogP contribution is 2.06. The quantitative estimate of drug-likeness (QED) is 0.190. The van der Waals surface area contributed by atoms with Gasteiger partial charge in [-0.25, -0.2) is 9.78 Å². The van der Waals surface area contributed by atoms with E-state index < -0.39 is 54.5 Å². The van der Waals surface area contributed by atoms with Crippen molar-refractivity contribution in [1.29, 1.82) is 0 Å². The lowest BCUT2D eigenvalue weighted by Gasteiger charge is -2.24. The predicted molar refractivity (Wildman–Crippen MR) is 117 cm³/mol. The summed E-state index contributed by atoms with van der Waals surface area (Å²) in [6.07, 6.45) is 3.02. The summed E-state index contributed by atoms with van der Waals surface area (Å²) in [5.41, 5.74) is 6.87. The van der Waals surface area contributed by atoms with Crippen LogP contribution in [-0.2, 0) is 32.0 Å². The molecule has 1 aromatic carbocycles. The molecule has 12 heteroatoms. The summed E-state index contributed by atoms with van der Waals surface area (Å²) in [4.78, 5) is 56.0. The van der Waals surface area contributed by atoms with E-state index in [0.717, 1.165) is 0 Å². The molecule has 4 atom stereocenters. The van der Waals surface area contributed by atoms with Gasteiger partial charge in [0.15, 0.2) is 0 Å². The van der Waals surface area contributed by atoms with Crippen molar-refractivity contribution < 1.29 is 29.4 Å². The molecule has 0 bridgehead atoms. The summed E-state index contributed by atoms with van der Waals surface area (Å²) in [7, 11) is 0. The first-order valence-corrected chi connectivity index (χ1v) is 10.2. The van der Waals surface area contributed by atoms with Crippen molar-refractivity contribution in [3.8, 4) is 0 Å². The maximum atomic E-state index is 13.1. The van der Waals surface area contributed by atoms with Crippen molar-refractivity contribution in [2.45, 2.75) is 43.9 Å². The van der Waals surface area contributed by atoms with E-state index in [2.05, 4.69) is 25.9 Å². The number of hydrogen-bond acceptors (Lipinski definition) is 7. The molecular weight excluding hydrogens is 432 g/mol. The second kappa shape index (κ2) is 12.3. The molecule has 0 fully saturated rings. The van der Waals surface area contributed by atoms with Crippen molar-refractivity contribution in [3.63, 3.8) is 0 Å². The van der Waals surface area contributed by atoms with E-state index in [-0.39, 0.29) is 12.8 Å². The van der Waals surface area contributed by atoms with Crippen LogP contribution < -0.4 is 21.7 Å². The number of H-pyrrole nitrogens is 1. The minimum Gasteiger partial charge on any atom is -0.480 e. The van der Waals surface area contributed by atoms with Gasteiger partial charge in [0.1, 0.15) is 18.1 Å². The topological polar surface area (TPSA) is 200 Å². The van der Waals surface area contributed by atoms with E-state index in [1.165, 1.54) is 19.4 Å². The number of rotatable bonds is 12. The molecule has 2 aromatic rings. The van der Waals surface area contributed by atoms with E-state index in [1.54, 1.807) is 30.3 Å². The molecule has 3 amide bonds. The maximum absolute atomic E-state index is 13.1. The number of benzene rings is 1. The second-order valence-corrected chi connectivity index (χ2v) is 7.46. The van der Waals surface area contributed by atoms with Gasteiger partial charge in [-0.3, -0.25) is 14.4 Å². The highest BCUT2D eigenvalue weighted by atomic mass is 16.4. The van der Waals surface area contributed by atoms with Gasteiger partial charge in [0.2, 0.25) is 17.7 Å². The monoisotopic (exact) mass is 460 g/mol. The zero-order chi connectivity index (χ0) is 24.4. The van der Waals surface area contributed by atoms with Crippen LogP contribution >= 0.6 is 0 Å². The molecule has 2 rings (SSSR count). The predicted octanol–water partition coefficient (Wildman–Crippen LogP) is -1.93. The molecule has 0 radical (unpaired) electrons. The maximum Gasteiger partial charge on any atom is 0.328 e. The molecule has 33 heavy (non-hydrogen) atoms. The number of nitrogens with zero attached hydrogens (tertiary/aromatic N) is 1. The number of imidazole rings is 1. The van der Waals surface area contributed by atoms with E-state index in [9.17, 15) is 24.3 Å². The Morgan fingerprint density at radius 2 is 1.55 bits per heavy atom. The first-order valence-electron chi connectivity index (χ1n) is 10.2. The molecule has 1 heterocycles. The van der Waals surface area contributed by atoms with Gasteiger partial charge in [-0.15, -0.1) is 0 Å². The number of hydrogen-bond donors (Lipinski definition) is 7. The molecule has 0 spiro atoms. The summed E-state index contributed by atoms with van der Waals surface area (Å²) < 4.78 is 0. The van der Waals surface area contributed by atoms with Crippen LogP contribution in [0.15, 0.2) is 42.9 Å². The molecule has 0 aliphatic heterocycles. The summed E-state index contributed by atoms with van der Waals surface area (Å²) in [6.45, 7) is 0.646. The molecule has 1 aromatic heterocycles. The van der Waals surface area contributed by atoms with Gasteiger partial charge in [0.25, 0.3) is 0 Å². The Balaban J connectivity index is 2.23. The van der Waals surface area contributed by atoms with Crippen molar-refractivity contribution >= 4 is 23.7 Å². The van der Waals surface area contributed by atoms with Crippen LogP contribution in [0.5, 0.6) is 0 Å². The number of carbonyl (C=O) groups excluding carboxylic acids is 3. The number of carboxylic acid groups (broad SMARTS) is 1. The van der Waals surface area contributed by atoms with Gasteiger partial charge in [-0.05, 0) is 12.5 Å². The van der Waals surface area contributed by atoms with Crippen LogP contribution in [0.3, 0.4) is 0 Å². The van der Waals surface area contributed by atoms with Gasteiger partial charge < -0.3 is 36.9 Å². The van der Waals surface area contributed by atoms with E-state index in [4.69, 9.17) is 10.8 Å². The van der Waals surface area contributed by atoms with Crippen LogP contribution in [0.25, 0.3) is 0 Å². The van der Waals surface area contributed by atoms with Crippen LogP contribution in [0.4, 0.5) is 0 Å². The van der Waals surface area contributed by atoms with Crippen molar-refractivity contribution in [2.24, 2.45) is 5.73 Å². The highest BCUT2D eigenvalue weighted by Gasteiger charge is 2.30. The number of nitrogens with one attached hydrogen (secondary N) is 4. The Morgan fingerprint density at radius 1 is 0.970 bits per heavy atom. The van der Waals surface area contributed by atoms with Crippen LogP contribution in [0.2, 0.25) is 0 Å². The molecule has 12 nitrogen and oxygen atoms in total. The third kappa shape index (κ3) is 8.01. The average molecular weight is 460 g/mol. The molecule has 0 saturated carbocycles. The summed E-state index contributed by atoms with van der Waals surface area (Å²) in [6, 6.07) is 4.12. The molecule has 0 saturated heterocycles. The lowest BCUT2D eigenvalue weighted by Crippen LogP contribution is -2.58. The van der Waals surface area contributed by atoms with Crippen molar-refractivity contribution in [3.05, 3.63) is 54.1 Å². The number of aliphatic carboxylic acids is 1.